The minimum absolute atomic E-state index is 0.528. The number of aryl methyl sites for hydroxylation is 2. The van der Waals surface area contributed by atoms with Crippen LogP contribution in [0.15, 0.2) is 6.07 Å². The molecule has 0 aromatic carbocycles. The molecule has 3 nitrogen and oxygen atoms in total. The van der Waals surface area contributed by atoms with Gasteiger partial charge in [-0.25, -0.2) is 0 Å². The normalized spacial score (nSPS) is 12.1. The Hall–Kier alpha value is -1.40. The van der Waals surface area contributed by atoms with E-state index in [1.807, 2.05) is 19.9 Å². The number of aliphatic hydroxyl groups is 1. The molecule has 0 fully saturated rings. The highest BCUT2D eigenvalue weighted by molar-refractivity contribution is 5.22. The van der Waals surface area contributed by atoms with Crippen molar-refractivity contribution in [3.63, 3.8) is 0 Å². The van der Waals surface area contributed by atoms with Gasteiger partial charge < -0.3 is 5.11 Å². The Bertz CT molecular complexity index is 355. The average molecular weight is 190 g/mol. The molecule has 74 valence electrons. The minimum Gasteiger partial charge on any atom is -0.388 e. The van der Waals surface area contributed by atoms with Gasteiger partial charge in [0.2, 0.25) is 0 Å². The Labute approximate surface area is 84.2 Å². The van der Waals surface area contributed by atoms with E-state index in [-0.39, 0.29) is 0 Å². The van der Waals surface area contributed by atoms with Crippen LogP contribution in [0.5, 0.6) is 0 Å². The van der Waals surface area contributed by atoms with Gasteiger partial charge >= 0.3 is 0 Å². The van der Waals surface area contributed by atoms with Crippen molar-refractivity contribution in [3.8, 4) is 12.3 Å². The topological polar surface area (TPSA) is 46.0 Å². The van der Waals surface area contributed by atoms with Gasteiger partial charge in [-0.3, -0.25) is 0 Å². The first-order valence-corrected chi connectivity index (χ1v) is 4.57. The fraction of sp³-hybridized carbons (Fsp3) is 0.455. The van der Waals surface area contributed by atoms with E-state index in [1.54, 1.807) is 0 Å². The molecule has 1 atom stereocenters. The second-order valence-corrected chi connectivity index (χ2v) is 3.29. The number of hydrogen-bond acceptors (Lipinski definition) is 3. The summed E-state index contributed by atoms with van der Waals surface area (Å²) in [5.74, 6) is 2.51. The highest BCUT2D eigenvalue weighted by Crippen LogP contribution is 2.20. The Morgan fingerprint density at radius 2 is 2.21 bits per heavy atom. The van der Waals surface area contributed by atoms with Crippen LogP contribution in [0, 0.1) is 26.2 Å². The molecule has 1 N–H and O–H groups in total. The summed E-state index contributed by atoms with van der Waals surface area (Å²) >= 11 is 0. The molecular formula is C11H14N2O. The summed E-state index contributed by atoms with van der Waals surface area (Å²) in [6.07, 6.45) is 5.75. The van der Waals surface area contributed by atoms with Crippen molar-refractivity contribution >= 4 is 0 Å². The largest absolute Gasteiger partial charge is 0.388 e. The smallest absolute Gasteiger partial charge is 0.0818 e. The summed E-state index contributed by atoms with van der Waals surface area (Å²) in [7, 11) is 0. The van der Waals surface area contributed by atoms with E-state index < -0.39 is 6.10 Å². The van der Waals surface area contributed by atoms with Crippen LogP contribution in [0.25, 0.3) is 0 Å². The van der Waals surface area contributed by atoms with Crippen molar-refractivity contribution in [1.29, 1.82) is 0 Å². The monoisotopic (exact) mass is 190 g/mol. The van der Waals surface area contributed by atoms with Crippen LogP contribution in [0.3, 0.4) is 0 Å². The zero-order valence-corrected chi connectivity index (χ0v) is 8.49. The number of hydrogen-bond donors (Lipinski definition) is 1. The molecule has 0 saturated heterocycles. The predicted octanol–water partition coefficient (Wildman–Crippen LogP) is 1.54. The van der Waals surface area contributed by atoms with Gasteiger partial charge in [0.25, 0.3) is 0 Å². The molecule has 0 aliphatic carbocycles. The maximum Gasteiger partial charge on any atom is 0.0818 e. The van der Waals surface area contributed by atoms with E-state index in [0.717, 1.165) is 17.0 Å². The Kier molecular flexibility index (Phi) is 3.61. The van der Waals surface area contributed by atoms with Crippen molar-refractivity contribution < 1.29 is 5.11 Å². The van der Waals surface area contributed by atoms with Crippen LogP contribution < -0.4 is 0 Å². The fourth-order valence-electron chi connectivity index (χ4n) is 1.28. The molecule has 0 saturated carbocycles. The number of terminal acetylenes is 1. The highest BCUT2D eigenvalue weighted by atomic mass is 16.3. The number of rotatable bonds is 3. The third-order valence-corrected chi connectivity index (χ3v) is 2.06. The van der Waals surface area contributed by atoms with Gasteiger partial charge in [-0.2, -0.15) is 10.2 Å². The summed E-state index contributed by atoms with van der Waals surface area (Å²) in [6.45, 7) is 3.69. The quantitative estimate of drug-likeness (QED) is 0.735. The molecule has 1 aromatic heterocycles. The van der Waals surface area contributed by atoms with Gasteiger partial charge in [0, 0.05) is 12.0 Å². The van der Waals surface area contributed by atoms with E-state index in [4.69, 9.17) is 6.42 Å². The van der Waals surface area contributed by atoms with Crippen LogP contribution in [0.2, 0.25) is 0 Å². The Balaban J connectivity index is 2.83. The lowest BCUT2D eigenvalue weighted by atomic mass is 10.0. The van der Waals surface area contributed by atoms with Crippen LogP contribution in [-0.4, -0.2) is 15.3 Å². The van der Waals surface area contributed by atoms with Gasteiger partial charge in [-0.15, -0.1) is 12.3 Å². The Morgan fingerprint density at radius 3 is 2.86 bits per heavy atom. The van der Waals surface area contributed by atoms with E-state index in [9.17, 15) is 5.11 Å². The maximum atomic E-state index is 9.79. The van der Waals surface area contributed by atoms with Crippen molar-refractivity contribution in [2.45, 2.75) is 32.8 Å². The van der Waals surface area contributed by atoms with E-state index in [2.05, 4.69) is 16.1 Å². The fourth-order valence-corrected chi connectivity index (χ4v) is 1.28. The van der Waals surface area contributed by atoms with Crippen LogP contribution >= 0.6 is 0 Å². The molecule has 0 spiro atoms. The van der Waals surface area contributed by atoms with Crippen LogP contribution in [0.4, 0.5) is 0 Å². The molecule has 1 rings (SSSR count). The molecule has 1 heterocycles. The number of aromatic nitrogens is 2. The lowest BCUT2D eigenvalue weighted by Crippen LogP contribution is -2.04. The lowest BCUT2D eigenvalue weighted by molar-refractivity contribution is 0.168. The second-order valence-electron chi connectivity index (χ2n) is 3.29. The third kappa shape index (κ3) is 2.54. The molecule has 0 amide bonds. The van der Waals surface area contributed by atoms with E-state index in [0.29, 0.717) is 12.8 Å². The standard InChI is InChI=1S/C11H14N2O/c1-4-5-6-11(14)10-7-8(2)12-13-9(10)3/h1,7,11,14H,5-6H2,2-3H3. The highest BCUT2D eigenvalue weighted by Gasteiger charge is 2.11. The van der Waals surface area contributed by atoms with Gasteiger partial charge in [-0.05, 0) is 26.3 Å². The van der Waals surface area contributed by atoms with Gasteiger partial charge in [0.1, 0.15) is 0 Å². The molecular weight excluding hydrogens is 176 g/mol. The summed E-state index contributed by atoms with van der Waals surface area (Å²) in [5, 5.41) is 17.6. The second kappa shape index (κ2) is 4.73. The molecule has 14 heavy (non-hydrogen) atoms. The summed E-state index contributed by atoms with van der Waals surface area (Å²) in [4.78, 5) is 0. The molecule has 1 unspecified atom stereocenters. The number of nitrogens with zero attached hydrogens (tertiary/aromatic N) is 2. The molecule has 3 heteroatoms. The first kappa shape index (κ1) is 10.7. The SMILES string of the molecule is C#CCCC(O)c1cc(C)nnc1C. The zero-order valence-electron chi connectivity index (χ0n) is 8.49. The predicted molar refractivity (Wildman–Crippen MR) is 54.5 cm³/mol. The van der Waals surface area contributed by atoms with Crippen LogP contribution in [-0.2, 0) is 0 Å². The van der Waals surface area contributed by atoms with E-state index >= 15 is 0 Å². The van der Waals surface area contributed by atoms with Crippen LogP contribution in [0.1, 0.15) is 35.9 Å². The first-order chi connectivity index (χ1) is 6.65. The minimum atomic E-state index is -0.528. The van der Waals surface area contributed by atoms with Gasteiger partial charge in [0.05, 0.1) is 17.5 Å². The molecule has 0 bridgehead atoms. The van der Waals surface area contributed by atoms with Crippen molar-refractivity contribution in [2.24, 2.45) is 0 Å². The van der Waals surface area contributed by atoms with Gasteiger partial charge in [0.15, 0.2) is 0 Å². The summed E-state index contributed by atoms with van der Waals surface area (Å²) in [5.41, 5.74) is 2.40. The molecule has 0 aliphatic rings. The molecule has 1 aromatic rings. The third-order valence-electron chi connectivity index (χ3n) is 2.06. The summed E-state index contributed by atoms with van der Waals surface area (Å²) in [6, 6.07) is 1.85. The van der Waals surface area contributed by atoms with Gasteiger partial charge in [-0.1, -0.05) is 0 Å². The number of aliphatic hydroxyl groups excluding tert-OH is 1. The maximum absolute atomic E-state index is 9.79. The molecule has 0 aliphatic heterocycles. The average Bonchev–Trinajstić information content (AvgIpc) is 2.18. The molecule has 0 radical (unpaired) electrons. The van der Waals surface area contributed by atoms with E-state index in [1.165, 1.54) is 0 Å². The summed E-state index contributed by atoms with van der Waals surface area (Å²) < 4.78 is 0. The Morgan fingerprint density at radius 1 is 1.50 bits per heavy atom. The lowest BCUT2D eigenvalue weighted by Gasteiger charge is -2.11. The first-order valence-electron chi connectivity index (χ1n) is 4.57. The zero-order chi connectivity index (χ0) is 10.6. The van der Waals surface area contributed by atoms with Crippen molar-refractivity contribution in [2.75, 3.05) is 0 Å². The van der Waals surface area contributed by atoms with Crippen molar-refractivity contribution in [3.05, 3.63) is 23.0 Å². The van der Waals surface area contributed by atoms with Crippen molar-refractivity contribution in [1.82, 2.24) is 10.2 Å².